The van der Waals surface area contributed by atoms with Crippen LogP contribution in [0, 0.1) is 6.92 Å². The minimum atomic E-state index is -0.317. The Balaban J connectivity index is 1.65. The maximum atomic E-state index is 13.0. The number of imide groups is 1. The average molecular weight is 372 g/mol. The van der Waals surface area contributed by atoms with E-state index in [-0.39, 0.29) is 30.8 Å². The van der Waals surface area contributed by atoms with E-state index in [1.807, 2.05) is 55.5 Å². The normalized spacial score (nSPS) is 13.1. The lowest BCUT2D eigenvalue weighted by Crippen LogP contribution is -2.45. The van der Waals surface area contributed by atoms with Crippen LogP contribution >= 0.6 is 0 Å². The first-order valence-corrected chi connectivity index (χ1v) is 9.20. The highest BCUT2D eigenvalue weighted by molar-refractivity contribution is 6.25. The van der Waals surface area contributed by atoms with Crippen LogP contribution < -0.4 is 4.90 Å². The molecule has 1 aliphatic heterocycles. The zero-order chi connectivity index (χ0) is 19.8. The molecule has 3 aromatic carbocycles. The van der Waals surface area contributed by atoms with Gasteiger partial charge < -0.3 is 4.90 Å². The molecule has 28 heavy (non-hydrogen) atoms. The monoisotopic (exact) mass is 372 g/mol. The number of carbonyl (C=O) groups excluding carboxylic acids is 3. The number of rotatable bonds is 4. The molecule has 0 radical (unpaired) electrons. The van der Waals surface area contributed by atoms with Crippen LogP contribution in [0.2, 0.25) is 0 Å². The molecule has 0 bridgehead atoms. The summed E-state index contributed by atoms with van der Waals surface area (Å²) in [6.07, 6.45) is 0. The molecule has 0 aliphatic carbocycles. The Morgan fingerprint density at radius 2 is 1.50 bits per heavy atom. The molecule has 5 nitrogen and oxygen atoms in total. The lowest BCUT2D eigenvalue weighted by Gasteiger charge is -2.30. The molecule has 0 unspecified atom stereocenters. The molecule has 0 fully saturated rings. The number of hydrogen-bond acceptors (Lipinski definition) is 3. The van der Waals surface area contributed by atoms with Crippen LogP contribution in [0.5, 0.6) is 0 Å². The van der Waals surface area contributed by atoms with Gasteiger partial charge in [0.2, 0.25) is 5.91 Å². The third-order valence-corrected chi connectivity index (χ3v) is 5.19. The topological polar surface area (TPSA) is 57.7 Å². The Kier molecular flexibility index (Phi) is 4.43. The summed E-state index contributed by atoms with van der Waals surface area (Å²) in [4.78, 5) is 41.1. The molecule has 3 aromatic rings. The molecule has 0 spiro atoms. The fourth-order valence-corrected chi connectivity index (χ4v) is 3.80. The third kappa shape index (κ3) is 2.85. The number of carbonyl (C=O) groups is 3. The van der Waals surface area contributed by atoms with E-state index in [0.717, 1.165) is 16.6 Å². The number of anilines is 1. The first-order valence-electron chi connectivity index (χ1n) is 9.20. The average Bonchev–Trinajstić information content (AvgIpc) is 2.69. The summed E-state index contributed by atoms with van der Waals surface area (Å²) in [7, 11) is 0. The second-order valence-electron chi connectivity index (χ2n) is 6.93. The Labute approximate surface area is 163 Å². The summed E-state index contributed by atoms with van der Waals surface area (Å²) in [6.45, 7) is 3.80. The molecular weight excluding hydrogens is 352 g/mol. The fourth-order valence-electron chi connectivity index (χ4n) is 3.80. The smallest absolute Gasteiger partial charge is 0.261 e. The van der Waals surface area contributed by atoms with Gasteiger partial charge in [-0.2, -0.15) is 0 Å². The number of amides is 3. The van der Waals surface area contributed by atoms with Crippen molar-refractivity contribution in [2.75, 3.05) is 18.0 Å². The predicted molar refractivity (Wildman–Crippen MR) is 109 cm³/mol. The van der Waals surface area contributed by atoms with Crippen molar-refractivity contribution in [3.8, 4) is 0 Å². The number of hydrogen-bond donors (Lipinski definition) is 0. The van der Waals surface area contributed by atoms with Crippen molar-refractivity contribution >= 4 is 34.2 Å². The SMILES string of the molecule is CC(=O)N(CCN1C(=O)c2cccc3cccc(c23)C1=O)c1ccccc1C. The highest BCUT2D eigenvalue weighted by Crippen LogP contribution is 2.30. The molecule has 0 saturated carbocycles. The van der Waals surface area contributed by atoms with Crippen molar-refractivity contribution < 1.29 is 14.4 Å². The zero-order valence-electron chi connectivity index (χ0n) is 15.8. The second kappa shape index (κ2) is 6.93. The van der Waals surface area contributed by atoms with Gasteiger partial charge in [0.25, 0.3) is 11.8 Å². The van der Waals surface area contributed by atoms with Gasteiger partial charge in [0.15, 0.2) is 0 Å². The molecule has 1 aliphatic rings. The molecule has 0 aromatic heterocycles. The van der Waals surface area contributed by atoms with E-state index in [1.54, 1.807) is 17.0 Å². The van der Waals surface area contributed by atoms with Crippen LogP contribution in [-0.4, -0.2) is 35.7 Å². The lowest BCUT2D eigenvalue weighted by atomic mass is 9.94. The molecule has 0 saturated heterocycles. The van der Waals surface area contributed by atoms with Crippen LogP contribution in [0.25, 0.3) is 10.8 Å². The highest BCUT2D eigenvalue weighted by Gasteiger charge is 2.33. The number of para-hydroxylation sites is 1. The van der Waals surface area contributed by atoms with Gasteiger partial charge >= 0.3 is 0 Å². The van der Waals surface area contributed by atoms with Gasteiger partial charge in [0.05, 0.1) is 0 Å². The first kappa shape index (κ1) is 17.9. The molecule has 4 rings (SSSR count). The van der Waals surface area contributed by atoms with E-state index in [4.69, 9.17) is 0 Å². The highest BCUT2D eigenvalue weighted by atomic mass is 16.2. The van der Waals surface area contributed by atoms with Crippen LogP contribution in [0.1, 0.15) is 33.2 Å². The minimum Gasteiger partial charge on any atom is -0.311 e. The van der Waals surface area contributed by atoms with Gasteiger partial charge in [-0.15, -0.1) is 0 Å². The van der Waals surface area contributed by atoms with Gasteiger partial charge in [-0.3, -0.25) is 19.3 Å². The fraction of sp³-hybridized carbons (Fsp3) is 0.174. The van der Waals surface area contributed by atoms with Crippen molar-refractivity contribution in [2.24, 2.45) is 0 Å². The van der Waals surface area contributed by atoms with Crippen molar-refractivity contribution in [3.05, 3.63) is 77.4 Å². The lowest BCUT2D eigenvalue weighted by molar-refractivity contribution is -0.116. The van der Waals surface area contributed by atoms with Crippen LogP contribution in [-0.2, 0) is 4.79 Å². The van der Waals surface area contributed by atoms with E-state index in [2.05, 4.69) is 0 Å². The van der Waals surface area contributed by atoms with Gasteiger partial charge in [-0.1, -0.05) is 42.5 Å². The van der Waals surface area contributed by atoms with Crippen molar-refractivity contribution in [1.82, 2.24) is 4.90 Å². The van der Waals surface area contributed by atoms with Crippen LogP contribution in [0.3, 0.4) is 0 Å². The molecule has 140 valence electrons. The summed E-state index contributed by atoms with van der Waals surface area (Å²) < 4.78 is 0. The first-order chi connectivity index (χ1) is 13.5. The summed E-state index contributed by atoms with van der Waals surface area (Å²) in [5.74, 6) is -0.765. The predicted octanol–water partition coefficient (Wildman–Crippen LogP) is 3.80. The zero-order valence-corrected chi connectivity index (χ0v) is 15.8. The van der Waals surface area contributed by atoms with Crippen LogP contribution in [0.4, 0.5) is 5.69 Å². The molecular formula is C23H20N2O3. The summed E-state index contributed by atoms with van der Waals surface area (Å²) in [5, 5.41) is 1.58. The molecule has 0 N–H and O–H groups in total. The number of nitrogens with zero attached hydrogens (tertiary/aromatic N) is 2. The number of aryl methyl sites for hydroxylation is 1. The largest absolute Gasteiger partial charge is 0.311 e. The molecule has 5 heteroatoms. The van der Waals surface area contributed by atoms with Crippen molar-refractivity contribution in [3.63, 3.8) is 0 Å². The summed E-state index contributed by atoms with van der Waals surface area (Å²) in [6, 6.07) is 18.5. The summed E-state index contributed by atoms with van der Waals surface area (Å²) in [5.41, 5.74) is 2.80. The van der Waals surface area contributed by atoms with E-state index < -0.39 is 0 Å². The third-order valence-electron chi connectivity index (χ3n) is 5.19. The van der Waals surface area contributed by atoms with E-state index in [9.17, 15) is 14.4 Å². The number of benzene rings is 3. The minimum absolute atomic E-state index is 0.131. The standard InChI is InChI=1S/C23H20N2O3/c1-15-7-3-4-12-20(15)24(16(2)26)13-14-25-22(27)18-10-5-8-17-9-6-11-19(21(17)18)23(25)28/h3-12H,13-14H2,1-2H3. The summed E-state index contributed by atoms with van der Waals surface area (Å²) >= 11 is 0. The van der Waals surface area contributed by atoms with Crippen LogP contribution in [0.15, 0.2) is 60.7 Å². The van der Waals surface area contributed by atoms with Gasteiger partial charge in [-0.25, -0.2) is 0 Å². The maximum Gasteiger partial charge on any atom is 0.261 e. The maximum absolute atomic E-state index is 13.0. The Bertz CT molecular complexity index is 1070. The van der Waals surface area contributed by atoms with E-state index in [1.165, 1.54) is 11.8 Å². The molecule has 1 heterocycles. The van der Waals surface area contributed by atoms with E-state index >= 15 is 0 Å². The van der Waals surface area contributed by atoms with Gasteiger partial charge in [0, 0.05) is 42.2 Å². The molecule has 3 amide bonds. The van der Waals surface area contributed by atoms with Crippen molar-refractivity contribution in [2.45, 2.75) is 13.8 Å². The Morgan fingerprint density at radius 3 is 2.07 bits per heavy atom. The van der Waals surface area contributed by atoms with E-state index in [0.29, 0.717) is 16.5 Å². The van der Waals surface area contributed by atoms with Gasteiger partial charge in [0.1, 0.15) is 0 Å². The Hall–Kier alpha value is -3.47. The quantitative estimate of drug-likeness (QED) is 0.655. The second-order valence-corrected chi connectivity index (χ2v) is 6.93. The Morgan fingerprint density at radius 1 is 0.893 bits per heavy atom. The van der Waals surface area contributed by atoms with Gasteiger partial charge in [-0.05, 0) is 36.1 Å². The molecule has 0 atom stereocenters. The van der Waals surface area contributed by atoms with Crippen molar-refractivity contribution in [1.29, 1.82) is 0 Å².